The number of nitrogens with two attached hydrogens (primary N) is 1. The van der Waals surface area contributed by atoms with E-state index >= 15 is 0 Å². The molecule has 0 bridgehead atoms. The molecule has 23 heavy (non-hydrogen) atoms. The predicted octanol–water partition coefficient (Wildman–Crippen LogP) is 1.38. The van der Waals surface area contributed by atoms with Gasteiger partial charge in [0.15, 0.2) is 0 Å². The molecule has 3 aliphatic rings. The minimum absolute atomic E-state index is 0.0429. The van der Waals surface area contributed by atoms with Crippen LogP contribution in [0.3, 0.4) is 0 Å². The molecule has 6 heteroatoms. The van der Waals surface area contributed by atoms with Gasteiger partial charge in [0, 0.05) is 13.1 Å². The fraction of sp³-hybridized carbons (Fsp3) is 0.882. The molecule has 0 aromatic rings. The highest BCUT2D eigenvalue weighted by atomic mass is 16.4. The monoisotopic (exact) mass is 319 g/mol. The zero-order chi connectivity index (χ0) is 16.8. The third-order valence-electron chi connectivity index (χ3n) is 5.93. The van der Waals surface area contributed by atoms with Gasteiger partial charge in [0.2, 0.25) is 5.91 Å². The van der Waals surface area contributed by atoms with Crippen LogP contribution in [-0.4, -0.2) is 43.8 Å². The van der Waals surface area contributed by atoms with E-state index in [1.807, 2.05) is 25.7 Å². The first-order valence-corrected chi connectivity index (χ1v) is 8.73. The lowest BCUT2D eigenvalue weighted by atomic mass is 9.69. The van der Waals surface area contributed by atoms with Crippen molar-refractivity contribution in [2.24, 2.45) is 34.3 Å². The van der Waals surface area contributed by atoms with Crippen molar-refractivity contribution in [3.8, 4) is 0 Å². The van der Waals surface area contributed by atoms with E-state index in [-0.39, 0.29) is 18.3 Å². The second-order valence-electron chi connectivity index (χ2n) is 8.82. The summed E-state index contributed by atoms with van der Waals surface area (Å²) in [6, 6.07) is 0. The maximum atomic E-state index is 13.0. The van der Waals surface area contributed by atoms with Crippen molar-refractivity contribution in [2.45, 2.75) is 46.5 Å². The molecular formula is C17H28BN2O3. The second-order valence-corrected chi connectivity index (χ2v) is 8.82. The first-order chi connectivity index (χ1) is 10.8. The van der Waals surface area contributed by atoms with E-state index in [0.717, 1.165) is 20.6 Å². The minimum Gasteiger partial charge on any atom is -0.419 e. The molecule has 3 fully saturated rings. The summed E-state index contributed by atoms with van der Waals surface area (Å²) >= 11 is 0. The summed E-state index contributed by atoms with van der Waals surface area (Å²) in [5, 5.41) is 0. The normalized spacial score (nSPS) is 29.5. The largest absolute Gasteiger partial charge is 0.419 e. The van der Waals surface area contributed by atoms with Crippen LogP contribution < -0.4 is 5.73 Å². The van der Waals surface area contributed by atoms with Crippen molar-refractivity contribution in [3.63, 3.8) is 0 Å². The first-order valence-electron chi connectivity index (χ1n) is 8.73. The van der Waals surface area contributed by atoms with Gasteiger partial charge < -0.3 is 20.1 Å². The maximum absolute atomic E-state index is 13.0. The molecule has 127 valence electrons. The summed E-state index contributed by atoms with van der Waals surface area (Å²) in [4.78, 5) is 27.4. The average Bonchev–Trinajstić information content (AvgIpc) is 2.93. The maximum Gasteiger partial charge on any atom is 0.378 e. The van der Waals surface area contributed by atoms with Crippen LogP contribution >= 0.6 is 0 Å². The molecule has 1 saturated heterocycles. The fourth-order valence-corrected chi connectivity index (χ4v) is 4.66. The van der Waals surface area contributed by atoms with Crippen LogP contribution in [0.25, 0.3) is 0 Å². The van der Waals surface area contributed by atoms with Crippen LogP contribution in [0.5, 0.6) is 0 Å². The van der Waals surface area contributed by atoms with Gasteiger partial charge in [-0.05, 0) is 48.3 Å². The number of hydrogen-bond acceptors (Lipinski definition) is 4. The quantitative estimate of drug-likeness (QED) is 0.472. The molecule has 2 N–H and O–H groups in total. The van der Waals surface area contributed by atoms with Crippen LogP contribution in [0, 0.1) is 28.6 Å². The number of amides is 1. The molecule has 1 aliphatic heterocycles. The van der Waals surface area contributed by atoms with E-state index in [1.165, 1.54) is 25.7 Å². The molecule has 2 aliphatic carbocycles. The fourth-order valence-electron chi connectivity index (χ4n) is 4.66. The molecule has 0 aromatic carbocycles. The van der Waals surface area contributed by atoms with Gasteiger partial charge in [0.05, 0.1) is 12.6 Å². The third kappa shape index (κ3) is 3.34. The van der Waals surface area contributed by atoms with Crippen molar-refractivity contribution < 1.29 is 14.2 Å². The molecular weight excluding hydrogens is 291 g/mol. The van der Waals surface area contributed by atoms with E-state index in [2.05, 4.69) is 0 Å². The summed E-state index contributed by atoms with van der Waals surface area (Å²) < 4.78 is 4.93. The van der Waals surface area contributed by atoms with E-state index in [1.54, 1.807) is 0 Å². The van der Waals surface area contributed by atoms with Crippen molar-refractivity contribution in [3.05, 3.63) is 0 Å². The highest BCUT2D eigenvalue weighted by Crippen LogP contribution is 2.63. The molecule has 1 amide bonds. The average molecular weight is 319 g/mol. The topological polar surface area (TPSA) is 72.6 Å². The Hall–Kier alpha value is -0.875. The molecule has 0 aromatic heterocycles. The summed E-state index contributed by atoms with van der Waals surface area (Å²) in [5.74, 6) is 0.546. The zero-order valence-electron chi connectivity index (χ0n) is 14.5. The second kappa shape index (κ2) is 5.89. The van der Waals surface area contributed by atoms with Gasteiger partial charge in [0.1, 0.15) is 5.68 Å². The number of hydrogen-bond donors (Lipinski definition) is 1. The minimum atomic E-state index is -0.692. The van der Waals surface area contributed by atoms with Gasteiger partial charge >= 0.3 is 7.48 Å². The Bertz CT molecular complexity index is 483. The van der Waals surface area contributed by atoms with Crippen LogP contribution in [-0.2, 0) is 14.2 Å². The molecule has 0 unspecified atom stereocenters. The number of nitrogens with zero attached hydrogens (tertiary/aromatic N) is 1. The van der Waals surface area contributed by atoms with Gasteiger partial charge in [-0.15, -0.1) is 0 Å². The number of carbonyl (C=O) groups excluding carboxylic acids is 2. The van der Waals surface area contributed by atoms with E-state index in [4.69, 9.17) is 10.4 Å². The molecule has 5 nitrogen and oxygen atoms in total. The Morgan fingerprint density at radius 2 is 1.83 bits per heavy atom. The molecule has 3 atom stereocenters. The first kappa shape index (κ1) is 17.0. The van der Waals surface area contributed by atoms with E-state index < -0.39 is 11.3 Å². The van der Waals surface area contributed by atoms with Crippen molar-refractivity contribution in [1.82, 2.24) is 4.90 Å². The highest BCUT2D eigenvalue weighted by molar-refractivity contribution is 6.70. The lowest BCUT2D eigenvalue weighted by molar-refractivity contribution is -0.142. The van der Waals surface area contributed by atoms with Crippen molar-refractivity contribution in [1.29, 1.82) is 0 Å². The van der Waals surface area contributed by atoms with Gasteiger partial charge in [-0.3, -0.25) is 4.79 Å². The zero-order valence-corrected chi connectivity index (χ0v) is 14.5. The summed E-state index contributed by atoms with van der Waals surface area (Å²) in [5.41, 5.74) is 5.20. The van der Waals surface area contributed by atoms with Crippen LogP contribution in [0.15, 0.2) is 0 Å². The molecule has 1 spiro atoms. The number of fused-ring (bicyclic) bond motifs is 1. The third-order valence-corrected chi connectivity index (χ3v) is 5.93. The van der Waals surface area contributed by atoms with Crippen LogP contribution in [0.1, 0.15) is 46.5 Å². The van der Waals surface area contributed by atoms with Gasteiger partial charge in [-0.25, -0.2) is 0 Å². The van der Waals surface area contributed by atoms with E-state index in [0.29, 0.717) is 17.3 Å². The summed E-state index contributed by atoms with van der Waals surface area (Å²) in [6.45, 7) is 7.39. The number of likely N-dealkylation sites (tertiary alicyclic amines) is 1. The summed E-state index contributed by atoms with van der Waals surface area (Å²) in [6.07, 6.45) is 5.31. The van der Waals surface area contributed by atoms with Gasteiger partial charge in [-0.2, -0.15) is 0 Å². The smallest absolute Gasteiger partial charge is 0.378 e. The van der Waals surface area contributed by atoms with E-state index in [9.17, 15) is 9.59 Å². The molecule has 3 rings (SSSR count). The van der Waals surface area contributed by atoms with Crippen LogP contribution in [0.2, 0.25) is 0 Å². The lowest BCUT2D eigenvalue weighted by Crippen LogP contribution is -2.46. The Labute approximate surface area is 139 Å². The Kier molecular flexibility index (Phi) is 4.34. The SMILES string of the molecule is CC(C)(C)[C@H](C(=O)[B]OCN)C(=O)N1C[C@@H]2CC3(CC3)C[C@@H]2C1. The Morgan fingerprint density at radius 1 is 1.26 bits per heavy atom. The molecule has 1 heterocycles. The van der Waals surface area contributed by atoms with Crippen LogP contribution in [0.4, 0.5) is 0 Å². The van der Waals surface area contributed by atoms with Crippen molar-refractivity contribution in [2.75, 3.05) is 19.8 Å². The number of rotatable bonds is 5. The molecule has 2 saturated carbocycles. The Balaban J connectivity index is 1.66. The van der Waals surface area contributed by atoms with Gasteiger partial charge in [-0.1, -0.05) is 20.8 Å². The molecule has 1 radical (unpaired) electrons. The predicted molar refractivity (Wildman–Crippen MR) is 88.3 cm³/mol. The lowest BCUT2D eigenvalue weighted by Gasteiger charge is -2.32. The van der Waals surface area contributed by atoms with Crippen molar-refractivity contribution >= 4 is 19.1 Å². The standard InChI is InChI=1S/C17H28BN2O3/c1-16(2,3)13(14(21)18-23-10-19)15(22)20-8-11-6-17(4-5-17)7-12(11)9-20/h11-13H,4-10,19H2,1-3H3/t11-,12+,13-/m1/s1. The summed E-state index contributed by atoms with van der Waals surface area (Å²) in [7, 11) is 1.11. The van der Waals surface area contributed by atoms with Gasteiger partial charge in [0.25, 0.3) is 0 Å². The Morgan fingerprint density at radius 3 is 2.26 bits per heavy atom. The highest BCUT2D eigenvalue weighted by Gasteiger charge is 2.56. The number of carbonyl (C=O) groups is 2.